The van der Waals surface area contributed by atoms with Crippen molar-refractivity contribution >= 4 is 23.5 Å². The Morgan fingerprint density at radius 2 is 1.65 bits per heavy atom. The second kappa shape index (κ2) is 7.83. The fourth-order valence-corrected chi connectivity index (χ4v) is 3.55. The van der Waals surface area contributed by atoms with Crippen LogP contribution in [0, 0.1) is 0 Å². The predicted octanol–water partition coefficient (Wildman–Crippen LogP) is 0.698. The standard InChI is InChI=1S/C15H23N5O2S/c21-14(19-5-3-1-2-4-6-19)12-18-7-9-20(10-8-18)15(22)13-11-16-23-17-13/h11H,1-10,12H2. The van der Waals surface area contributed by atoms with Crippen molar-refractivity contribution in [1.29, 1.82) is 0 Å². The highest BCUT2D eigenvalue weighted by Crippen LogP contribution is 2.11. The van der Waals surface area contributed by atoms with Gasteiger partial charge in [0, 0.05) is 39.3 Å². The number of likely N-dealkylation sites (tertiary alicyclic amines) is 1. The van der Waals surface area contributed by atoms with Crippen molar-refractivity contribution in [2.24, 2.45) is 0 Å². The first-order valence-corrected chi connectivity index (χ1v) is 9.04. The lowest BCUT2D eigenvalue weighted by Crippen LogP contribution is -2.51. The summed E-state index contributed by atoms with van der Waals surface area (Å²) in [5.41, 5.74) is 0.420. The molecule has 3 heterocycles. The first-order valence-electron chi connectivity index (χ1n) is 8.31. The second-order valence-electron chi connectivity index (χ2n) is 6.16. The highest BCUT2D eigenvalue weighted by atomic mass is 32.1. The van der Waals surface area contributed by atoms with E-state index in [9.17, 15) is 9.59 Å². The number of aromatic nitrogens is 2. The molecule has 2 saturated heterocycles. The number of nitrogens with zero attached hydrogens (tertiary/aromatic N) is 5. The van der Waals surface area contributed by atoms with Gasteiger partial charge in [0.1, 0.15) is 0 Å². The van der Waals surface area contributed by atoms with E-state index in [2.05, 4.69) is 13.6 Å². The molecule has 1 aromatic heterocycles. The molecular weight excluding hydrogens is 314 g/mol. The third-order valence-corrected chi connectivity index (χ3v) is 5.04. The van der Waals surface area contributed by atoms with E-state index in [1.807, 2.05) is 4.90 Å². The van der Waals surface area contributed by atoms with E-state index in [-0.39, 0.29) is 11.8 Å². The van der Waals surface area contributed by atoms with Crippen molar-refractivity contribution in [3.8, 4) is 0 Å². The van der Waals surface area contributed by atoms with Crippen molar-refractivity contribution in [1.82, 2.24) is 23.4 Å². The lowest BCUT2D eigenvalue weighted by molar-refractivity contribution is -0.132. The lowest BCUT2D eigenvalue weighted by atomic mass is 10.2. The maximum absolute atomic E-state index is 12.4. The van der Waals surface area contributed by atoms with Crippen LogP contribution < -0.4 is 0 Å². The molecule has 0 aliphatic carbocycles. The smallest absolute Gasteiger partial charge is 0.275 e. The van der Waals surface area contributed by atoms with Gasteiger partial charge in [-0.05, 0) is 12.8 Å². The molecule has 126 valence electrons. The Morgan fingerprint density at radius 1 is 0.957 bits per heavy atom. The van der Waals surface area contributed by atoms with Crippen LogP contribution >= 0.6 is 11.7 Å². The van der Waals surface area contributed by atoms with Crippen LogP contribution in [-0.2, 0) is 4.79 Å². The summed E-state index contributed by atoms with van der Waals surface area (Å²) >= 11 is 1.05. The van der Waals surface area contributed by atoms with Gasteiger partial charge in [-0.1, -0.05) is 12.8 Å². The summed E-state index contributed by atoms with van der Waals surface area (Å²) in [6.45, 7) is 5.03. The van der Waals surface area contributed by atoms with E-state index in [1.54, 1.807) is 4.90 Å². The van der Waals surface area contributed by atoms with Gasteiger partial charge in [0.2, 0.25) is 5.91 Å². The molecule has 2 amide bonds. The molecule has 0 saturated carbocycles. The van der Waals surface area contributed by atoms with Crippen LogP contribution in [0.25, 0.3) is 0 Å². The van der Waals surface area contributed by atoms with Gasteiger partial charge in [0.25, 0.3) is 5.91 Å². The highest BCUT2D eigenvalue weighted by Gasteiger charge is 2.26. The molecule has 0 N–H and O–H groups in total. The molecule has 8 heteroatoms. The Labute approximate surface area is 140 Å². The fraction of sp³-hybridized carbons (Fsp3) is 0.733. The third-order valence-electron chi connectivity index (χ3n) is 4.56. The van der Waals surface area contributed by atoms with Crippen molar-refractivity contribution in [3.05, 3.63) is 11.9 Å². The predicted molar refractivity (Wildman–Crippen MR) is 87.3 cm³/mol. The van der Waals surface area contributed by atoms with Gasteiger partial charge in [0.05, 0.1) is 24.5 Å². The molecule has 0 unspecified atom stereocenters. The van der Waals surface area contributed by atoms with Crippen LogP contribution in [0.5, 0.6) is 0 Å². The fourth-order valence-electron chi connectivity index (χ4n) is 3.14. The lowest BCUT2D eigenvalue weighted by Gasteiger charge is -2.35. The summed E-state index contributed by atoms with van der Waals surface area (Å²) in [6.07, 6.45) is 6.22. The highest BCUT2D eigenvalue weighted by molar-refractivity contribution is 6.99. The zero-order valence-corrected chi connectivity index (χ0v) is 14.1. The van der Waals surface area contributed by atoms with E-state index < -0.39 is 0 Å². The van der Waals surface area contributed by atoms with Gasteiger partial charge in [0.15, 0.2) is 5.69 Å². The Bertz CT molecular complexity index is 520. The van der Waals surface area contributed by atoms with Crippen LogP contribution in [0.2, 0.25) is 0 Å². The van der Waals surface area contributed by atoms with E-state index >= 15 is 0 Å². The monoisotopic (exact) mass is 337 g/mol. The molecule has 0 spiro atoms. The Balaban J connectivity index is 1.45. The number of piperazine rings is 1. The zero-order valence-electron chi connectivity index (χ0n) is 13.3. The number of carbonyl (C=O) groups is 2. The molecule has 2 aliphatic heterocycles. The average molecular weight is 337 g/mol. The van der Waals surface area contributed by atoms with Crippen LogP contribution in [-0.4, -0.2) is 81.1 Å². The number of hydrogen-bond donors (Lipinski definition) is 0. The summed E-state index contributed by atoms with van der Waals surface area (Å²) in [4.78, 5) is 30.6. The molecule has 0 atom stereocenters. The molecule has 1 aromatic rings. The van der Waals surface area contributed by atoms with Gasteiger partial charge in [-0.15, -0.1) is 0 Å². The first kappa shape index (κ1) is 16.3. The van der Waals surface area contributed by atoms with Gasteiger partial charge < -0.3 is 9.80 Å². The minimum atomic E-state index is -0.0581. The normalized spacial score (nSPS) is 20.3. The van der Waals surface area contributed by atoms with Crippen LogP contribution in [0.1, 0.15) is 36.2 Å². The summed E-state index contributed by atoms with van der Waals surface area (Å²) in [6, 6.07) is 0. The number of rotatable bonds is 3. The molecular formula is C15H23N5O2S. The van der Waals surface area contributed by atoms with E-state index in [4.69, 9.17) is 0 Å². The average Bonchev–Trinajstić information content (AvgIpc) is 2.97. The summed E-state index contributed by atoms with van der Waals surface area (Å²) < 4.78 is 7.87. The molecule has 2 aliphatic rings. The largest absolute Gasteiger partial charge is 0.342 e. The third kappa shape index (κ3) is 4.26. The first-order chi connectivity index (χ1) is 11.2. The van der Waals surface area contributed by atoms with Crippen LogP contribution in [0.15, 0.2) is 6.20 Å². The Kier molecular flexibility index (Phi) is 5.56. The van der Waals surface area contributed by atoms with Gasteiger partial charge in [-0.25, -0.2) is 0 Å². The topological polar surface area (TPSA) is 69.6 Å². The van der Waals surface area contributed by atoms with Crippen molar-refractivity contribution in [2.45, 2.75) is 25.7 Å². The van der Waals surface area contributed by atoms with Gasteiger partial charge in [-0.3, -0.25) is 14.5 Å². The molecule has 0 aromatic carbocycles. The SMILES string of the molecule is O=C(CN1CCN(C(=O)c2cnsn2)CC1)N1CCCCCC1. The minimum absolute atomic E-state index is 0.0581. The maximum Gasteiger partial charge on any atom is 0.275 e. The summed E-state index contributed by atoms with van der Waals surface area (Å²) in [5, 5.41) is 0. The van der Waals surface area contributed by atoms with E-state index in [1.165, 1.54) is 19.0 Å². The number of amides is 2. The minimum Gasteiger partial charge on any atom is -0.342 e. The van der Waals surface area contributed by atoms with Gasteiger partial charge >= 0.3 is 0 Å². The van der Waals surface area contributed by atoms with Crippen molar-refractivity contribution in [3.63, 3.8) is 0 Å². The molecule has 3 rings (SSSR count). The molecule has 23 heavy (non-hydrogen) atoms. The number of carbonyl (C=O) groups excluding carboxylic acids is 2. The maximum atomic E-state index is 12.4. The van der Waals surface area contributed by atoms with Crippen LogP contribution in [0.4, 0.5) is 0 Å². The van der Waals surface area contributed by atoms with Crippen molar-refractivity contribution < 1.29 is 9.59 Å². The second-order valence-corrected chi connectivity index (χ2v) is 6.71. The quantitative estimate of drug-likeness (QED) is 0.812. The van der Waals surface area contributed by atoms with Crippen molar-refractivity contribution in [2.75, 3.05) is 45.8 Å². The van der Waals surface area contributed by atoms with E-state index in [0.29, 0.717) is 25.3 Å². The summed E-state index contributed by atoms with van der Waals surface area (Å²) in [5.74, 6) is 0.174. The Morgan fingerprint density at radius 3 is 2.26 bits per heavy atom. The summed E-state index contributed by atoms with van der Waals surface area (Å²) in [7, 11) is 0. The Hall–Kier alpha value is -1.54. The molecule has 0 radical (unpaired) electrons. The zero-order chi connectivity index (χ0) is 16.1. The number of hydrogen-bond acceptors (Lipinski definition) is 6. The van der Waals surface area contributed by atoms with Gasteiger partial charge in [-0.2, -0.15) is 8.75 Å². The van der Waals surface area contributed by atoms with E-state index in [0.717, 1.165) is 50.7 Å². The molecule has 2 fully saturated rings. The van der Waals surface area contributed by atoms with Crippen LogP contribution in [0.3, 0.4) is 0 Å². The molecule has 7 nitrogen and oxygen atoms in total. The molecule has 0 bridgehead atoms.